The van der Waals surface area contributed by atoms with E-state index in [-0.39, 0.29) is 36.9 Å². The first-order valence-electron chi connectivity index (χ1n) is 7.60. The van der Waals surface area contributed by atoms with Crippen LogP contribution in [0.3, 0.4) is 0 Å². The molecule has 0 saturated carbocycles. The molecular weight excluding hydrogens is 439 g/mol. The van der Waals surface area contributed by atoms with Gasteiger partial charge in [0.1, 0.15) is 0 Å². The van der Waals surface area contributed by atoms with Gasteiger partial charge < -0.3 is 45.4 Å². The SMILES string of the molecule is CCOC(=O)C[C@H](C[S-])[N-]CCN[C@@H](C[S-])CC(=O)OCC.[O]=[99Tc+3]. The molecule has 10 heteroatoms. The zero-order valence-electron chi connectivity index (χ0n) is 14.0. The average Bonchev–Trinajstić information content (AvgIpc) is 2.58. The van der Waals surface area contributed by atoms with Crippen LogP contribution >= 0.6 is 0 Å². The number of rotatable bonds is 13. The van der Waals surface area contributed by atoms with Gasteiger partial charge in [-0.2, -0.15) is 11.5 Å². The van der Waals surface area contributed by atoms with E-state index < -0.39 is 0 Å². The first-order chi connectivity index (χ1) is 11.6. The number of ether oxygens (including phenoxy) is 2. The van der Waals surface area contributed by atoms with Gasteiger partial charge >= 0.3 is 34.3 Å². The minimum atomic E-state index is -0.278. The molecule has 0 heterocycles. The number of hydrogen-bond donors (Lipinski definition) is 1. The Balaban J connectivity index is 0. The monoisotopic (exact) mass is 464 g/mol. The third-order valence-corrected chi connectivity index (χ3v) is 3.54. The molecule has 0 radical (unpaired) electrons. The van der Waals surface area contributed by atoms with Crippen LogP contribution in [0.5, 0.6) is 0 Å². The topological polar surface area (TPSA) is 95.8 Å². The molecule has 0 amide bonds. The van der Waals surface area contributed by atoms with Crippen LogP contribution in [0.15, 0.2) is 0 Å². The van der Waals surface area contributed by atoms with Gasteiger partial charge in [-0.1, -0.05) is 0 Å². The van der Waals surface area contributed by atoms with Gasteiger partial charge in [0.15, 0.2) is 0 Å². The molecule has 0 saturated heterocycles. The summed E-state index contributed by atoms with van der Waals surface area (Å²) < 4.78 is 18.0. The van der Waals surface area contributed by atoms with Crippen LogP contribution in [0.2, 0.25) is 0 Å². The van der Waals surface area contributed by atoms with Gasteiger partial charge in [-0.05, 0) is 26.4 Å². The standard InChI is InChI=1S/C14H27N2O4S2.O.Tc/c1-3-19-13(17)7-11(9-21)15-5-6-16-12(10-22)8-14(18)20-4-2;;/h11-12,15,21-22H,3-10H2,1-2H3;;/q-1;;+3/p-2/t11-,12-;;/m1../s1/i;;1+1. The molecule has 0 unspecified atom stereocenters. The summed E-state index contributed by atoms with van der Waals surface area (Å²) in [6.07, 6.45) is 0.468. The summed E-state index contributed by atoms with van der Waals surface area (Å²) in [7, 11) is 0. The first-order valence-corrected chi connectivity index (χ1v) is 9.51. The molecule has 2 atom stereocenters. The van der Waals surface area contributed by atoms with E-state index in [1.165, 1.54) is 0 Å². The van der Waals surface area contributed by atoms with E-state index in [0.717, 1.165) is 18.9 Å². The predicted molar refractivity (Wildman–Crippen MR) is 91.5 cm³/mol. The number of esters is 2. The van der Waals surface area contributed by atoms with Crippen LogP contribution < -0.4 is 5.32 Å². The summed E-state index contributed by atoms with van der Waals surface area (Å²) in [4.78, 5) is 22.8. The molecule has 7 nitrogen and oxygen atoms in total. The molecule has 1 N–H and O–H groups in total. The van der Waals surface area contributed by atoms with E-state index >= 15 is 0 Å². The van der Waals surface area contributed by atoms with E-state index in [9.17, 15) is 9.59 Å². The molecule has 0 aliphatic heterocycles. The Hall–Kier alpha value is 0.00935. The molecule has 0 fully saturated rings. The van der Waals surface area contributed by atoms with E-state index in [0.29, 0.717) is 37.8 Å². The number of carbonyl (C=O) groups excluding carboxylic acids is 2. The summed E-state index contributed by atoms with van der Waals surface area (Å²) in [6.45, 7) is 5.35. The Labute approximate surface area is 165 Å². The van der Waals surface area contributed by atoms with Crippen molar-refractivity contribution in [1.82, 2.24) is 5.32 Å². The van der Waals surface area contributed by atoms with Crippen molar-refractivity contribution in [3.8, 4) is 0 Å². The van der Waals surface area contributed by atoms with Crippen LogP contribution in [0.25, 0.3) is 5.32 Å². The maximum atomic E-state index is 11.4. The second-order valence-corrected chi connectivity index (χ2v) is 5.23. The maximum absolute atomic E-state index is 11.4. The Morgan fingerprint density at radius 1 is 1.04 bits per heavy atom. The molecule has 24 heavy (non-hydrogen) atoms. The van der Waals surface area contributed by atoms with Gasteiger partial charge in [-0.25, -0.2) is 0 Å². The Bertz CT molecular complexity index is 310. The van der Waals surface area contributed by atoms with Gasteiger partial charge in [0.25, 0.3) is 0 Å². The van der Waals surface area contributed by atoms with Crippen molar-refractivity contribution in [2.75, 3.05) is 37.8 Å². The third kappa shape index (κ3) is 15.5. The first kappa shape index (κ1) is 26.2. The van der Waals surface area contributed by atoms with Gasteiger partial charge in [0.05, 0.1) is 19.6 Å². The normalized spacial score (nSPS) is 12.5. The summed E-state index contributed by atoms with van der Waals surface area (Å²) in [5.41, 5.74) is 0. The Morgan fingerprint density at radius 3 is 2.04 bits per heavy atom. The van der Waals surface area contributed by atoms with E-state index in [1.54, 1.807) is 13.8 Å². The van der Waals surface area contributed by atoms with Crippen LogP contribution in [0.1, 0.15) is 26.7 Å². The van der Waals surface area contributed by atoms with Gasteiger partial charge in [-0.3, -0.25) is 9.59 Å². The molecule has 0 bridgehead atoms. The summed E-state index contributed by atoms with van der Waals surface area (Å²) >= 11 is 10.9. The summed E-state index contributed by atoms with van der Waals surface area (Å²) in [6, 6.07) is -0.306. The fourth-order valence-electron chi connectivity index (χ4n) is 1.72. The zero-order valence-corrected chi connectivity index (χ0v) is 17.5. The van der Waals surface area contributed by atoms with Crippen molar-refractivity contribution in [3.63, 3.8) is 0 Å². The van der Waals surface area contributed by atoms with Crippen molar-refractivity contribution in [1.29, 1.82) is 0 Å². The van der Waals surface area contributed by atoms with Crippen molar-refractivity contribution in [2.24, 2.45) is 0 Å². The molecule has 0 rings (SSSR count). The van der Waals surface area contributed by atoms with Crippen molar-refractivity contribution >= 4 is 37.2 Å². The number of nitrogens with one attached hydrogen (secondary N) is 1. The molecule has 0 aromatic carbocycles. The van der Waals surface area contributed by atoms with Crippen molar-refractivity contribution in [2.45, 2.75) is 38.8 Å². The molecular formula is C14H25N2O5S2Tc. The minimum absolute atomic E-state index is 0.101. The summed E-state index contributed by atoms with van der Waals surface area (Å²) in [5, 5.41) is 7.54. The van der Waals surface area contributed by atoms with Crippen LogP contribution in [-0.4, -0.2) is 61.8 Å². The van der Waals surface area contributed by atoms with E-state index in [4.69, 9.17) is 38.2 Å². The summed E-state index contributed by atoms with van der Waals surface area (Å²) in [5.74, 6) is 0.269. The number of hydrogen-bond acceptors (Lipinski definition) is 8. The number of nitrogens with zero attached hydrogens (tertiary/aromatic N) is 1. The van der Waals surface area contributed by atoms with Crippen molar-refractivity contribution < 1.29 is 41.4 Å². The predicted octanol–water partition coefficient (Wildman–Crippen LogP) is 0.566. The van der Waals surface area contributed by atoms with Gasteiger partial charge in [0, 0.05) is 6.42 Å². The Kier molecular flexibility index (Phi) is 21.1. The third-order valence-electron chi connectivity index (χ3n) is 2.75. The van der Waals surface area contributed by atoms with Crippen LogP contribution in [0.4, 0.5) is 0 Å². The zero-order chi connectivity index (χ0) is 18.8. The molecule has 140 valence electrons. The van der Waals surface area contributed by atoms with E-state index in [1.807, 2.05) is 0 Å². The molecule has 0 aliphatic rings. The van der Waals surface area contributed by atoms with Gasteiger partial charge in [-0.15, -0.1) is 12.6 Å². The van der Waals surface area contributed by atoms with Crippen molar-refractivity contribution in [3.05, 3.63) is 5.32 Å². The fourth-order valence-corrected chi connectivity index (χ4v) is 2.17. The molecule has 0 aromatic heterocycles. The fraction of sp³-hybridized carbons (Fsp3) is 0.857. The number of carbonyl (C=O) groups is 2. The van der Waals surface area contributed by atoms with Crippen LogP contribution in [0, 0.1) is 0 Å². The quantitative estimate of drug-likeness (QED) is 0.240. The van der Waals surface area contributed by atoms with Crippen LogP contribution in [-0.2, 0) is 66.7 Å². The van der Waals surface area contributed by atoms with E-state index in [2.05, 4.69) is 10.6 Å². The molecule has 0 spiro atoms. The second-order valence-electron chi connectivity index (χ2n) is 4.56. The molecule has 0 aliphatic carbocycles. The Morgan fingerprint density at radius 2 is 1.58 bits per heavy atom. The average molecular weight is 464 g/mol. The van der Waals surface area contributed by atoms with Gasteiger partial charge in [0.2, 0.25) is 0 Å². The molecule has 0 aromatic rings. The second kappa shape index (κ2) is 19.3.